The molecular formula is C20H13ClO4. The van der Waals surface area contributed by atoms with E-state index in [0.717, 1.165) is 10.8 Å². The predicted molar refractivity (Wildman–Crippen MR) is 98.7 cm³/mol. The molecule has 4 rings (SSSR count). The van der Waals surface area contributed by atoms with Crippen LogP contribution in [-0.2, 0) is 0 Å². The van der Waals surface area contributed by atoms with Gasteiger partial charge in [-0.2, -0.15) is 0 Å². The molecule has 25 heavy (non-hydrogen) atoms. The molecule has 0 unspecified atom stereocenters. The third-order valence-corrected chi connectivity index (χ3v) is 4.44. The highest BCUT2D eigenvalue weighted by atomic mass is 35.5. The zero-order valence-electron chi connectivity index (χ0n) is 13.2. The minimum absolute atomic E-state index is 0.120. The summed E-state index contributed by atoms with van der Waals surface area (Å²) in [6.07, 6.45) is 0. The number of phenols is 1. The van der Waals surface area contributed by atoms with E-state index in [9.17, 15) is 9.90 Å². The largest absolute Gasteiger partial charge is 0.503 e. The molecule has 4 nitrogen and oxygen atoms in total. The molecule has 0 fully saturated rings. The van der Waals surface area contributed by atoms with Crippen LogP contribution >= 0.6 is 11.6 Å². The molecule has 0 saturated carbocycles. The predicted octanol–water partition coefficient (Wildman–Crippen LogP) is 4.98. The van der Waals surface area contributed by atoms with E-state index in [1.54, 1.807) is 12.1 Å². The van der Waals surface area contributed by atoms with E-state index < -0.39 is 0 Å². The molecule has 0 bridgehead atoms. The number of fused-ring (bicyclic) bond motifs is 3. The zero-order chi connectivity index (χ0) is 17.6. The van der Waals surface area contributed by atoms with E-state index in [2.05, 4.69) is 0 Å². The van der Waals surface area contributed by atoms with Crippen molar-refractivity contribution < 1.29 is 14.3 Å². The lowest BCUT2D eigenvalue weighted by atomic mass is 10.1. The normalized spacial score (nSPS) is 11.1. The number of ether oxygens (including phenoxy) is 1. The van der Waals surface area contributed by atoms with Crippen molar-refractivity contribution in [2.45, 2.75) is 0 Å². The maximum absolute atomic E-state index is 12.5. The van der Waals surface area contributed by atoms with Crippen LogP contribution in [0.4, 0.5) is 0 Å². The smallest absolute Gasteiger partial charge is 0.193 e. The highest BCUT2D eigenvalue weighted by Gasteiger charge is 2.14. The molecule has 5 heteroatoms. The summed E-state index contributed by atoms with van der Waals surface area (Å²) in [7, 11) is 1.43. The van der Waals surface area contributed by atoms with Crippen molar-refractivity contribution >= 4 is 33.3 Å². The Hall–Kier alpha value is -2.98. The first kappa shape index (κ1) is 15.5. The summed E-state index contributed by atoms with van der Waals surface area (Å²) in [4.78, 5) is 12.5. The molecule has 0 aliphatic carbocycles. The molecular weight excluding hydrogens is 340 g/mol. The average Bonchev–Trinajstić information content (AvgIpc) is 2.63. The Morgan fingerprint density at radius 1 is 1.04 bits per heavy atom. The number of benzene rings is 3. The maximum atomic E-state index is 12.5. The molecule has 0 amide bonds. The van der Waals surface area contributed by atoms with E-state index in [1.807, 2.05) is 30.3 Å². The lowest BCUT2D eigenvalue weighted by molar-refractivity contribution is 0.373. The van der Waals surface area contributed by atoms with Crippen LogP contribution in [0.3, 0.4) is 0 Å². The number of methoxy groups -OCH3 is 1. The van der Waals surface area contributed by atoms with Gasteiger partial charge < -0.3 is 14.3 Å². The van der Waals surface area contributed by atoms with E-state index in [-0.39, 0.29) is 22.0 Å². The molecule has 1 N–H and O–H groups in total. The van der Waals surface area contributed by atoms with Gasteiger partial charge in [-0.25, -0.2) is 0 Å². The van der Waals surface area contributed by atoms with Gasteiger partial charge >= 0.3 is 0 Å². The average molecular weight is 353 g/mol. The van der Waals surface area contributed by atoms with Gasteiger partial charge in [-0.05, 0) is 23.6 Å². The Kier molecular flexibility index (Phi) is 3.62. The molecule has 124 valence electrons. The van der Waals surface area contributed by atoms with Gasteiger partial charge in [-0.3, -0.25) is 4.79 Å². The second-order valence-electron chi connectivity index (χ2n) is 5.65. The van der Waals surface area contributed by atoms with Crippen LogP contribution in [0, 0.1) is 0 Å². The van der Waals surface area contributed by atoms with Gasteiger partial charge in [-0.15, -0.1) is 0 Å². The molecule has 0 radical (unpaired) electrons. The van der Waals surface area contributed by atoms with Crippen LogP contribution < -0.4 is 10.2 Å². The third kappa shape index (κ3) is 2.51. The van der Waals surface area contributed by atoms with Crippen LogP contribution in [0.5, 0.6) is 11.5 Å². The van der Waals surface area contributed by atoms with Gasteiger partial charge in [0, 0.05) is 17.0 Å². The summed E-state index contributed by atoms with van der Waals surface area (Å²) in [5, 5.41) is 12.4. The Bertz CT molecular complexity index is 1180. The Morgan fingerprint density at radius 3 is 2.64 bits per heavy atom. The van der Waals surface area contributed by atoms with Crippen LogP contribution in [0.2, 0.25) is 5.02 Å². The van der Waals surface area contributed by atoms with Crippen molar-refractivity contribution in [2.75, 3.05) is 7.11 Å². The molecule has 0 aliphatic heterocycles. The van der Waals surface area contributed by atoms with E-state index in [4.69, 9.17) is 20.8 Å². The van der Waals surface area contributed by atoms with Crippen LogP contribution in [0.25, 0.3) is 33.1 Å². The summed E-state index contributed by atoms with van der Waals surface area (Å²) >= 11 is 6.05. The first-order valence-electron chi connectivity index (χ1n) is 7.61. The topological polar surface area (TPSA) is 59.7 Å². The fourth-order valence-electron chi connectivity index (χ4n) is 2.90. The molecule has 0 aliphatic rings. The van der Waals surface area contributed by atoms with Gasteiger partial charge in [-0.1, -0.05) is 41.9 Å². The maximum Gasteiger partial charge on any atom is 0.193 e. The molecule has 4 aromatic rings. The minimum Gasteiger partial charge on any atom is -0.503 e. The van der Waals surface area contributed by atoms with Crippen molar-refractivity contribution in [3.05, 3.63) is 69.8 Å². The summed E-state index contributed by atoms with van der Waals surface area (Å²) in [6, 6.07) is 15.9. The Morgan fingerprint density at radius 2 is 1.84 bits per heavy atom. The lowest BCUT2D eigenvalue weighted by Crippen LogP contribution is -2.00. The van der Waals surface area contributed by atoms with E-state index >= 15 is 0 Å². The molecule has 0 atom stereocenters. The number of halogens is 1. The Labute approximate surface area is 147 Å². The van der Waals surface area contributed by atoms with Gasteiger partial charge in [0.05, 0.1) is 17.5 Å². The summed E-state index contributed by atoms with van der Waals surface area (Å²) in [5.41, 5.74) is 0.917. The first-order valence-corrected chi connectivity index (χ1v) is 7.99. The van der Waals surface area contributed by atoms with Gasteiger partial charge in [0.15, 0.2) is 16.9 Å². The quantitative estimate of drug-likeness (QED) is 0.517. The van der Waals surface area contributed by atoms with Crippen LogP contribution in [0.1, 0.15) is 0 Å². The van der Waals surface area contributed by atoms with Crippen molar-refractivity contribution in [3.8, 4) is 22.8 Å². The minimum atomic E-state index is -0.151. The van der Waals surface area contributed by atoms with Crippen molar-refractivity contribution in [1.82, 2.24) is 0 Å². The Balaban J connectivity index is 2.05. The number of rotatable bonds is 2. The molecule has 3 aromatic carbocycles. The molecule has 1 heterocycles. The number of hydrogen-bond donors (Lipinski definition) is 1. The van der Waals surface area contributed by atoms with Crippen molar-refractivity contribution in [3.63, 3.8) is 0 Å². The number of phenolic OH excluding ortho intramolecular Hbond substituents is 1. The molecule has 0 spiro atoms. The summed E-state index contributed by atoms with van der Waals surface area (Å²) in [5.74, 6) is 0.415. The molecule has 1 aromatic heterocycles. The standard InChI is InChI=1S/C20H13ClO4/c1-24-18-9-12(8-15(21)19(18)23)17-10-16(22)14-7-6-11-4-2-3-5-13(11)20(14)25-17/h2-10,23H,1H3. The van der Waals surface area contributed by atoms with Crippen molar-refractivity contribution in [2.24, 2.45) is 0 Å². The highest BCUT2D eigenvalue weighted by molar-refractivity contribution is 6.32. The fraction of sp³-hybridized carbons (Fsp3) is 0.0500. The highest BCUT2D eigenvalue weighted by Crippen LogP contribution is 2.39. The second-order valence-corrected chi connectivity index (χ2v) is 6.05. The van der Waals surface area contributed by atoms with Crippen LogP contribution in [0.15, 0.2) is 63.8 Å². The summed E-state index contributed by atoms with van der Waals surface area (Å²) in [6.45, 7) is 0. The van der Waals surface area contributed by atoms with Crippen molar-refractivity contribution in [1.29, 1.82) is 0 Å². The van der Waals surface area contributed by atoms with E-state index in [0.29, 0.717) is 22.3 Å². The van der Waals surface area contributed by atoms with Gasteiger partial charge in [0.25, 0.3) is 0 Å². The first-order chi connectivity index (χ1) is 12.1. The van der Waals surface area contributed by atoms with Gasteiger partial charge in [0.2, 0.25) is 0 Å². The number of aromatic hydroxyl groups is 1. The second kappa shape index (κ2) is 5.83. The fourth-order valence-corrected chi connectivity index (χ4v) is 3.11. The van der Waals surface area contributed by atoms with Crippen LogP contribution in [-0.4, -0.2) is 12.2 Å². The number of hydrogen-bond acceptors (Lipinski definition) is 4. The monoisotopic (exact) mass is 352 g/mol. The van der Waals surface area contributed by atoms with Gasteiger partial charge in [0.1, 0.15) is 11.3 Å². The van der Waals surface area contributed by atoms with E-state index in [1.165, 1.54) is 19.2 Å². The molecule has 0 saturated heterocycles. The lowest BCUT2D eigenvalue weighted by Gasteiger charge is -2.09. The zero-order valence-corrected chi connectivity index (χ0v) is 14.0. The third-order valence-electron chi connectivity index (χ3n) is 4.15. The SMILES string of the molecule is COc1cc(-c2cc(=O)c3ccc4ccccc4c3o2)cc(Cl)c1O. The summed E-state index contributed by atoms with van der Waals surface area (Å²) < 4.78 is 11.2.